The van der Waals surface area contributed by atoms with E-state index in [1.807, 2.05) is 51.1 Å². The monoisotopic (exact) mass is 597 g/mol. The summed E-state index contributed by atoms with van der Waals surface area (Å²) in [5.74, 6) is -1.19. The van der Waals surface area contributed by atoms with Crippen LogP contribution < -0.4 is 9.62 Å². The van der Waals surface area contributed by atoms with Gasteiger partial charge in [-0.05, 0) is 63.1 Å². The molecular weight excluding hydrogens is 562 g/mol. The highest BCUT2D eigenvalue weighted by atomic mass is 35.5. The summed E-state index contributed by atoms with van der Waals surface area (Å²) in [6, 6.07) is 21.4. The first-order valence-corrected chi connectivity index (χ1v) is 15.4. The summed E-state index contributed by atoms with van der Waals surface area (Å²) in [6.45, 7) is 6.40. The molecule has 0 saturated carbocycles. The van der Waals surface area contributed by atoms with Crippen LogP contribution in [-0.4, -0.2) is 55.3 Å². The van der Waals surface area contributed by atoms with Crippen LogP contribution >= 0.6 is 11.6 Å². The lowest BCUT2D eigenvalue weighted by atomic mass is 10.0. The number of ketones is 1. The van der Waals surface area contributed by atoms with Crippen LogP contribution in [0.2, 0.25) is 5.02 Å². The zero-order valence-corrected chi connectivity index (χ0v) is 25.5. The highest BCUT2D eigenvalue weighted by Crippen LogP contribution is 2.22. The van der Waals surface area contributed by atoms with Crippen molar-refractivity contribution in [2.75, 3.05) is 17.1 Å². The Labute approximate surface area is 247 Å². The molecule has 0 unspecified atom stereocenters. The van der Waals surface area contributed by atoms with Crippen LogP contribution in [0.15, 0.2) is 78.9 Å². The summed E-state index contributed by atoms with van der Waals surface area (Å²) in [7, 11) is -3.94. The average molecular weight is 598 g/mol. The summed E-state index contributed by atoms with van der Waals surface area (Å²) < 4.78 is 26.8. The van der Waals surface area contributed by atoms with E-state index in [9.17, 15) is 22.8 Å². The summed E-state index contributed by atoms with van der Waals surface area (Å²) in [5.41, 5.74) is 1.47. The van der Waals surface area contributed by atoms with Crippen molar-refractivity contribution in [3.63, 3.8) is 0 Å². The maximum Gasteiger partial charge on any atom is 0.244 e. The first-order valence-electron chi connectivity index (χ1n) is 13.1. The number of nitrogens with one attached hydrogen (secondary N) is 1. The van der Waals surface area contributed by atoms with E-state index < -0.39 is 34.1 Å². The van der Waals surface area contributed by atoms with Crippen LogP contribution in [0.3, 0.4) is 0 Å². The summed E-state index contributed by atoms with van der Waals surface area (Å²) in [4.78, 5) is 41.2. The van der Waals surface area contributed by atoms with Gasteiger partial charge in [0.25, 0.3) is 0 Å². The third-order valence-electron chi connectivity index (χ3n) is 6.26. The fourth-order valence-corrected chi connectivity index (χ4v) is 5.25. The van der Waals surface area contributed by atoms with E-state index in [1.54, 1.807) is 36.4 Å². The minimum Gasteiger partial charge on any atom is -0.350 e. The molecule has 0 radical (unpaired) electrons. The average Bonchev–Trinajstić information content (AvgIpc) is 2.89. The van der Waals surface area contributed by atoms with Crippen LogP contribution in [0.25, 0.3) is 0 Å². The van der Waals surface area contributed by atoms with E-state index in [-0.39, 0.29) is 30.3 Å². The van der Waals surface area contributed by atoms with Crippen LogP contribution in [0.5, 0.6) is 0 Å². The third-order valence-corrected chi connectivity index (χ3v) is 7.65. The third kappa shape index (κ3) is 9.43. The normalized spacial score (nSPS) is 12.3. The van der Waals surface area contributed by atoms with Crippen LogP contribution in [-0.2, 0) is 32.6 Å². The Bertz CT molecular complexity index is 1490. The highest BCUT2D eigenvalue weighted by Gasteiger charge is 2.34. The van der Waals surface area contributed by atoms with E-state index in [0.29, 0.717) is 16.1 Å². The first kappa shape index (κ1) is 31.8. The molecule has 3 aromatic carbocycles. The first-order chi connectivity index (χ1) is 19.1. The Kier molecular flexibility index (Phi) is 10.3. The number of rotatable bonds is 11. The lowest BCUT2D eigenvalue weighted by Crippen LogP contribution is -2.56. The standard InChI is InChI=1S/C31H36ClN3O5S/c1-22(36)25-12-9-13-27(19-25)35(41(5,39)40)21-29(37)34(20-24-14-16-26(32)17-15-24)28(30(38)33-31(2,3)4)18-23-10-7-6-8-11-23/h6-17,19,28H,18,20-21H2,1-5H3,(H,33,38)/t28-/m0/s1. The molecule has 41 heavy (non-hydrogen) atoms. The van der Waals surface area contributed by atoms with Gasteiger partial charge in [-0.15, -0.1) is 0 Å². The Balaban J connectivity index is 2.09. The van der Waals surface area contributed by atoms with Gasteiger partial charge in [0, 0.05) is 29.1 Å². The maximum absolute atomic E-state index is 14.1. The second-order valence-corrected chi connectivity index (χ2v) is 13.3. The number of hydrogen-bond donors (Lipinski definition) is 1. The van der Waals surface area contributed by atoms with Crippen molar-refractivity contribution in [1.29, 1.82) is 0 Å². The summed E-state index contributed by atoms with van der Waals surface area (Å²) in [6.07, 6.45) is 1.21. The van der Waals surface area contributed by atoms with Gasteiger partial charge in [-0.3, -0.25) is 18.7 Å². The Morgan fingerprint density at radius 1 is 0.902 bits per heavy atom. The number of carbonyl (C=O) groups is 3. The topological polar surface area (TPSA) is 104 Å². The number of hydrogen-bond acceptors (Lipinski definition) is 5. The van der Waals surface area contributed by atoms with E-state index in [1.165, 1.54) is 24.0 Å². The number of halogens is 1. The molecular formula is C31H36ClN3O5S. The minimum atomic E-state index is -3.94. The van der Waals surface area contributed by atoms with Crippen molar-refractivity contribution in [2.24, 2.45) is 0 Å². The molecule has 3 aromatic rings. The lowest BCUT2D eigenvalue weighted by Gasteiger charge is -2.35. The predicted molar refractivity (Wildman–Crippen MR) is 162 cm³/mol. The Hall–Kier alpha value is -3.69. The zero-order valence-electron chi connectivity index (χ0n) is 23.9. The molecule has 0 heterocycles. The van der Waals surface area contributed by atoms with Gasteiger partial charge in [0.1, 0.15) is 12.6 Å². The van der Waals surface area contributed by atoms with Crippen LogP contribution in [0, 0.1) is 0 Å². The highest BCUT2D eigenvalue weighted by molar-refractivity contribution is 7.92. The second kappa shape index (κ2) is 13.3. The molecule has 2 amide bonds. The van der Waals surface area contributed by atoms with Crippen molar-refractivity contribution in [1.82, 2.24) is 10.2 Å². The molecule has 0 fully saturated rings. The van der Waals surface area contributed by atoms with Crippen LogP contribution in [0.4, 0.5) is 5.69 Å². The molecule has 1 N–H and O–H groups in total. The molecule has 10 heteroatoms. The molecule has 1 atom stereocenters. The molecule has 0 aliphatic heterocycles. The lowest BCUT2D eigenvalue weighted by molar-refractivity contribution is -0.140. The van der Waals surface area contributed by atoms with E-state index in [2.05, 4.69) is 5.32 Å². The number of benzene rings is 3. The van der Waals surface area contributed by atoms with Crippen molar-refractivity contribution in [2.45, 2.75) is 52.2 Å². The largest absolute Gasteiger partial charge is 0.350 e. The molecule has 8 nitrogen and oxygen atoms in total. The second-order valence-electron chi connectivity index (χ2n) is 11.0. The zero-order chi connectivity index (χ0) is 30.4. The van der Waals surface area contributed by atoms with Gasteiger partial charge in [-0.2, -0.15) is 0 Å². The van der Waals surface area contributed by atoms with Crippen molar-refractivity contribution < 1.29 is 22.8 Å². The number of amides is 2. The predicted octanol–water partition coefficient (Wildman–Crippen LogP) is 4.86. The fraction of sp³-hybridized carbons (Fsp3) is 0.323. The fourth-order valence-electron chi connectivity index (χ4n) is 4.29. The summed E-state index contributed by atoms with van der Waals surface area (Å²) in [5, 5.41) is 3.50. The van der Waals surface area contributed by atoms with Gasteiger partial charge in [0.15, 0.2) is 5.78 Å². The molecule has 218 valence electrons. The van der Waals surface area contributed by atoms with E-state index >= 15 is 0 Å². The van der Waals surface area contributed by atoms with Gasteiger partial charge in [0.05, 0.1) is 11.9 Å². The molecule has 0 saturated heterocycles. The van der Waals surface area contributed by atoms with Gasteiger partial charge in [0.2, 0.25) is 21.8 Å². The SMILES string of the molecule is CC(=O)c1cccc(N(CC(=O)N(Cc2ccc(Cl)cc2)[C@@H](Cc2ccccc2)C(=O)NC(C)(C)C)S(C)(=O)=O)c1. The van der Waals surface area contributed by atoms with Gasteiger partial charge in [-0.25, -0.2) is 8.42 Å². The molecule has 0 aliphatic carbocycles. The number of sulfonamides is 1. The maximum atomic E-state index is 14.1. The number of nitrogens with zero attached hydrogens (tertiary/aromatic N) is 2. The Morgan fingerprint density at radius 2 is 1.54 bits per heavy atom. The van der Waals surface area contributed by atoms with Gasteiger partial charge < -0.3 is 10.2 Å². The Morgan fingerprint density at radius 3 is 2.10 bits per heavy atom. The molecule has 0 bridgehead atoms. The minimum absolute atomic E-state index is 0.0379. The molecule has 3 rings (SSSR count). The quantitative estimate of drug-likeness (QED) is 0.318. The molecule has 0 spiro atoms. The smallest absolute Gasteiger partial charge is 0.244 e. The number of carbonyl (C=O) groups excluding carboxylic acids is 3. The number of Topliss-reactive ketones (excluding diaryl/α,β-unsaturated/α-hetero) is 1. The van der Waals surface area contributed by atoms with Crippen molar-refractivity contribution >= 4 is 44.9 Å². The van der Waals surface area contributed by atoms with E-state index in [0.717, 1.165) is 16.1 Å². The van der Waals surface area contributed by atoms with Crippen molar-refractivity contribution in [3.05, 3.63) is 101 Å². The van der Waals surface area contributed by atoms with E-state index in [4.69, 9.17) is 11.6 Å². The molecule has 0 aromatic heterocycles. The summed E-state index contributed by atoms with van der Waals surface area (Å²) >= 11 is 6.08. The van der Waals surface area contributed by atoms with Gasteiger partial charge in [-0.1, -0.05) is 66.2 Å². The van der Waals surface area contributed by atoms with Gasteiger partial charge >= 0.3 is 0 Å². The molecule has 0 aliphatic rings. The number of anilines is 1. The van der Waals surface area contributed by atoms with Crippen molar-refractivity contribution in [3.8, 4) is 0 Å². The van der Waals surface area contributed by atoms with Crippen LogP contribution in [0.1, 0.15) is 49.2 Å².